The maximum Gasteiger partial charge on any atom is 0.178 e. The SMILES string of the molecule is CCCC[SiH2]OCC(OC)OC. The minimum Gasteiger partial charge on any atom is -0.419 e. The van der Waals surface area contributed by atoms with Crippen molar-refractivity contribution in [2.75, 3.05) is 20.8 Å². The fourth-order valence-corrected chi connectivity index (χ4v) is 2.13. The van der Waals surface area contributed by atoms with Crippen molar-refractivity contribution < 1.29 is 13.9 Å². The van der Waals surface area contributed by atoms with E-state index in [4.69, 9.17) is 13.9 Å². The number of methoxy groups -OCH3 is 2. The van der Waals surface area contributed by atoms with Gasteiger partial charge in [0.05, 0.1) is 6.61 Å². The van der Waals surface area contributed by atoms with Crippen LogP contribution in [0.25, 0.3) is 0 Å². The third-order valence-electron chi connectivity index (χ3n) is 1.67. The van der Waals surface area contributed by atoms with Gasteiger partial charge in [0, 0.05) is 14.2 Å². The lowest BCUT2D eigenvalue weighted by Gasteiger charge is -2.13. The Balaban J connectivity index is 3.06. The second-order valence-corrected chi connectivity index (χ2v) is 4.21. The van der Waals surface area contributed by atoms with Crippen molar-refractivity contribution in [1.29, 1.82) is 0 Å². The molecule has 12 heavy (non-hydrogen) atoms. The maximum absolute atomic E-state index is 5.47. The van der Waals surface area contributed by atoms with E-state index in [1.807, 2.05) is 0 Å². The second kappa shape index (κ2) is 9.19. The van der Waals surface area contributed by atoms with Crippen molar-refractivity contribution >= 4 is 9.76 Å². The zero-order valence-corrected chi connectivity index (χ0v) is 9.75. The van der Waals surface area contributed by atoms with E-state index in [0.29, 0.717) is 6.61 Å². The molecule has 0 rings (SSSR count). The molecule has 0 aliphatic carbocycles. The summed E-state index contributed by atoms with van der Waals surface area (Å²) in [7, 11) is 2.94. The molecular weight excluding hydrogens is 172 g/mol. The molecule has 0 spiro atoms. The molecule has 0 aromatic carbocycles. The van der Waals surface area contributed by atoms with Gasteiger partial charge in [0.1, 0.15) is 0 Å². The maximum atomic E-state index is 5.47. The molecule has 0 saturated carbocycles. The normalized spacial score (nSPS) is 12.0. The highest BCUT2D eigenvalue weighted by atomic mass is 28.2. The number of rotatable bonds is 8. The van der Waals surface area contributed by atoms with Gasteiger partial charge in [0.25, 0.3) is 0 Å². The molecule has 0 heterocycles. The van der Waals surface area contributed by atoms with Gasteiger partial charge in [0.2, 0.25) is 0 Å². The minimum absolute atomic E-state index is 0.181. The topological polar surface area (TPSA) is 27.7 Å². The van der Waals surface area contributed by atoms with Crippen LogP contribution >= 0.6 is 0 Å². The van der Waals surface area contributed by atoms with E-state index in [1.54, 1.807) is 14.2 Å². The molecule has 0 unspecified atom stereocenters. The molecule has 4 heteroatoms. The Bertz CT molecular complexity index is 86.4. The quantitative estimate of drug-likeness (QED) is 0.325. The summed E-state index contributed by atoms with van der Waals surface area (Å²) in [5, 5.41) is 0. The number of unbranched alkanes of at least 4 members (excludes halogenated alkanes) is 1. The molecule has 0 atom stereocenters. The van der Waals surface area contributed by atoms with Crippen molar-refractivity contribution in [3.8, 4) is 0 Å². The van der Waals surface area contributed by atoms with Crippen molar-refractivity contribution in [3.05, 3.63) is 0 Å². The zero-order chi connectivity index (χ0) is 9.23. The van der Waals surface area contributed by atoms with Gasteiger partial charge in [-0.25, -0.2) is 0 Å². The van der Waals surface area contributed by atoms with Crippen LogP contribution in [-0.2, 0) is 13.9 Å². The lowest BCUT2D eigenvalue weighted by molar-refractivity contribution is -0.121. The Hall–Kier alpha value is 0.0969. The lowest BCUT2D eigenvalue weighted by atomic mass is 10.4. The Morgan fingerprint density at radius 2 is 1.92 bits per heavy atom. The van der Waals surface area contributed by atoms with E-state index in [0.717, 1.165) is 0 Å². The standard InChI is InChI=1S/C8H20O3Si/c1-4-5-6-12-11-7-8(9-2)10-3/h8H,4-7,12H2,1-3H3. The second-order valence-electron chi connectivity index (χ2n) is 2.68. The summed E-state index contributed by atoms with van der Waals surface area (Å²) in [4.78, 5) is 0. The van der Waals surface area contributed by atoms with Crippen LogP contribution in [0, 0.1) is 0 Å². The molecule has 74 valence electrons. The first-order valence-corrected chi connectivity index (χ1v) is 6.06. The number of hydrogen-bond donors (Lipinski definition) is 0. The lowest BCUT2D eigenvalue weighted by Crippen LogP contribution is -2.21. The molecule has 0 saturated heterocycles. The van der Waals surface area contributed by atoms with E-state index < -0.39 is 0 Å². The van der Waals surface area contributed by atoms with Gasteiger partial charge < -0.3 is 13.9 Å². The molecule has 0 radical (unpaired) electrons. The highest BCUT2D eigenvalue weighted by Gasteiger charge is 2.03. The first-order chi connectivity index (χ1) is 5.85. The van der Waals surface area contributed by atoms with Crippen LogP contribution in [0.5, 0.6) is 0 Å². The van der Waals surface area contributed by atoms with Gasteiger partial charge >= 0.3 is 0 Å². The summed E-state index contributed by atoms with van der Waals surface area (Å²) < 4.78 is 15.4. The van der Waals surface area contributed by atoms with E-state index >= 15 is 0 Å². The molecule has 0 aliphatic rings. The predicted octanol–water partition coefficient (Wildman–Crippen LogP) is 0.924. The summed E-state index contributed by atoms with van der Waals surface area (Å²) in [6, 6.07) is 1.26. The van der Waals surface area contributed by atoms with Gasteiger partial charge in [-0.3, -0.25) is 0 Å². The average Bonchev–Trinajstić information content (AvgIpc) is 2.11. The zero-order valence-electron chi connectivity index (χ0n) is 8.34. The Morgan fingerprint density at radius 1 is 1.25 bits per heavy atom. The van der Waals surface area contributed by atoms with Gasteiger partial charge in [-0.05, 0) is 6.04 Å². The molecular formula is C8H20O3Si. The van der Waals surface area contributed by atoms with Crippen LogP contribution in [0.4, 0.5) is 0 Å². The van der Waals surface area contributed by atoms with Gasteiger partial charge in [-0.1, -0.05) is 19.8 Å². The number of ether oxygens (including phenoxy) is 2. The highest BCUT2D eigenvalue weighted by molar-refractivity contribution is 6.26. The fourth-order valence-electron chi connectivity index (χ4n) is 0.866. The van der Waals surface area contributed by atoms with E-state index in [1.165, 1.54) is 18.9 Å². The smallest absolute Gasteiger partial charge is 0.178 e. The summed E-state index contributed by atoms with van der Waals surface area (Å²) in [5.41, 5.74) is 0. The Kier molecular flexibility index (Phi) is 9.26. The summed E-state index contributed by atoms with van der Waals surface area (Å²) in [6.07, 6.45) is 2.37. The van der Waals surface area contributed by atoms with E-state index in [2.05, 4.69) is 6.92 Å². The summed E-state index contributed by atoms with van der Waals surface area (Å²) >= 11 is 0. The molecule has 0 bridgehead atoms. The van der Waals surface area contributed by atoms with Crippen molar-refractivity contribution in [1.82, 2.24) is 0 Å². The van der Waals surface area contributed by atoms with Gasteiger partial charge in [0.15, 0.2) is 16.1 Å². The fraction of sp³-hybridized carbons (Fsp3) is 1.00. The van der Waals surface area contributed by atoms with Crippen LogP contribution in [-0.4, -0.2) is 36.9 Å². The van der Waals surface area contributed by atoms with Crippen LogP contribution in [0.1, 0.15) is 19.8 Å². The Morgan fingerprint density at radius 3 is 2.42 bits per heavy atom. The minimum atomic E-state index is -0.321. The van der Waals surface area contributed by atoms with Gasteiger partial charge in [-0.15, -0.1) is 0 Å². The first-order valence-electron chi connectivity index (χ1n) is 4.48. The molecule has 0 aromatic rings. The van der Waals surface area contributed by atoms with Crippen LogP contribution < -0.4 is 0 Å². The Labute approximate surface area is 77.3 Å². The molecule has 0 N–H and O–H groups in total. The molecule has 0 fully saturated rings. The van der Waals surface area contributed by atoms with Crippen molar-refractivity contribution in [2.24, 2.45) is 0 Å². The van der Waals surface area contributed by atoms with Crippen LogP contribution in [0.2, 0.25) is 6.04 Å². The summed E-state index contributed by atoms with van der Waals surface area (Å²) in [5.74, 6) is 0. The highest BCUT2D eigenvalue weighted by Crippen LogP contribution is 1.96. The molecule has 0 amide bonds. The third kappa shape index (κ3) is 6.79. The van der Waals surface area contributed by atoms with E-state index in [9.17, 15) is 0 Å². The number of hydrogen-bond acceptors (Lipinski definition) is 3. The van der Waals surface area contributed by atoms with Crippen molar-refractivity contribution in [2.45, 2.75) is 32.1 Å². The third-order valence-corrected chi connectivity index (χ3v) is 2.98. The monoisotopic (exact) mass is 192 g/mol. The van der Waals surface area contributed by atoms with Gasteiger partial charge in [-0.2, -0.15) is 0 Å². The average molecular weight is 192 g/mol. The van der Waals surface area contributed by atoms with Crippen molar-refractivity contribution in [3.63, 3.8) is 0 Å². The largest absolute Gasteiger partial charge is 0.419 e. The summed E-state index contributed by atoms with van der Waals surface area (Å²) in [6.45, 7) is 2.78. The first kappa shape index (κ1) is 12.1. The molecule has 0 aromatic heterocycles. The molecule has 3 nitrogen and oxygen atoms in total. The predicted molar refractivity (Wildman–Crippen MR) is 52.0 cm³/mol. The van der Waals surface area contributed by atoms with Crippen LogP contribution in [0.15, 0.2) is 0 Å². The van der Waals surface area contributed by atoms with Crippen LogP contribution in [0.3, 0.4) is 0 Å². The molecule has 0 aliphatic heterocycles. The van der Waals surface area contributed by atoms with E-state index in [-0.39, 0.29) is 16.1 Å².